The van der Waals surface area contributed by atoms with Gasteiger partial charge >= 0.3 is 0 Å². The normalized spacial score (nSPS) is 11.6. The van der Waals surface area contributed by atoms with E-state index in [0.717, 1.165) is 66.5 Å². The lowest BCUT2D eigenvalue weighted by molar-refractivity contribution is 0.669. The van der Waals surface area contributed by atoms with Crippen molar-refractivity contribution in [2.45, 2.75) is 6.92 Å². The number of rotatable bonds is 5. The Morgan fingerprint density at radius 3 is 1.76 bits per heavy atom. The Labute approximate surface area is 294 Å². The van der Waals surface area contributed by atoms with E-state index in [-0.39, 0.29) is 0 Å². The molecule has 0 unspecified atom stereocenters. The molecule has 240 valence electrons. The molecule has 7 aromatic carbocycles. The fourth-order valence-electron chi connectivity index (χ4n) is 7.27. The number of aromatic nitrogens is 4. The summed E-state index contributed by atoms with van der Waals surface area (Å²) in [5.41, 5.74) is 11.1. The first kappa shape index (κ1) is 29.1. The highest BCUT2D eigenvalue weighted by atomic mass is 16.3. The Bertz CT molecular complexity index is 2870. The molecule has 0 saturated carbocycles. The minimum absolute atomic E-state index is 0.604. The standard InChI is InChI=1S/C46H30N4O/c1-29-20-23-40-36(26-29)34-16-8-10-18-39(34)50(40)41-24-21-32(33-22-25-43-37(27-33)35-17-9-11-19-42(35)51-43)28-38(41)46-48-44(30-12-4-2-5-13-30)47-45(49-46)31-14-6-3-7-15-31/h2-28H,1H3. The number of benzene rings is 7. The van der Waals surface area contributed by atoms with Gasteiger partial charge in [0.25, 0.3) is 0 Å². The van der Waals surface area contributed by atoms with Crippen LogP contribution < -0.4 is 0 Å². The monoisotopic (exact) mass is 654 g/mol. The lowest BCUT2D eigenvalue weighted by Gasteiger charge is -2.16. The van der Waals surface area contributed by atoms with E-state index in [1.165, 1.54) is 16.3 Å². The number of para-hydroxylation sites is 2. The average molecular weight is 655 g/mol. The van der Waals surface area contributed by atoms with Crippen molar-refractivity contribution in [3.8, 4) is 51.0 Å². The number of aryl methyl sites for hydroxylation is 1. The van der Waals surface area contributed by atoms with E-state index in [1.807, 2.05) is 72.8 Å². The summed E-state index contributed by atoms with van der Waals surface area (Å²) in [6.07, 6.45) is 0. The molecule has 10 rings (SSSR count). The minimum Gasteiger partial charge on any atom is -0.456 e. The Kier molecular flexibility index (Phi) is 6.64. The molecule has 0 amide bonds. The van der Waals surface area contributed by atoms with Crippen molar-refractivity contribution in [2.24, 2.45) is 0 Å². The third-order valence-electron chi connectivity index (χ3n) is 9.72. The van der Waals surface area contributed by atoms with E-state index in [2.05, 4.69) is 102 Å². The van der Waals surface area contributed by atoms with E-state index in [1.54, 1.807) is 0 Å². The molecule has 3 heterocycles. The number of nitrogens with zero attached hydrogens (tertiary/aromatic N) is 4. The summed E-state index contributed by atoms with van der Waals surface area (Å²) in [4.78, 5) is 15.4. The van der Waals surface area contributed by atoms with Crippen molar-refractivity contribution in [1.29, 1.82) is 0 Å². The quantitative estimate of drug-likeness (QED) is 0.185. The smallest absolute Gasteiger partial charge is 0.166 e. The summed E-state index contributed by atoms with van der Waals surface area (Å²) in [6, 6.07) is 56.8. The Morgan fingerprint density at radius 2 is 1.00 bits per heavy atom. The van der Waals surface area contributed by atoms with Crippen LogP contribution in [0.4, 0.5) is 0 Å². The molecule has 5 heteroatoms. The van der Waals surface area contributed by atoms with Crippen LogP contribution in [0.15, 0.2) is 168 Å². The van der Waals surface area contributed by atoms with Crippen molar-refractivity contribution < 1.29 is 4.42 Å². The zero-order chi connectivity index (χ0) is 33.9. The maximum atomic E-state index is 6.17. The predicted molar refractivity (Wildman–Crippen MR) is 208 cm³/mol. The third-order valence-corrected chi connectivity index (χ3v) is 9.72. The van der Waals surface area contributed by atoms with Gasteiger partial charge in [0.1, 0.15) is 11.2 Å². The van der Waals surface area contributed by atoms with Gasteiger partial charge in [-0.25, -0.2) is 15.0 Å². The van der Waals surface area contributed by atoms with Gasteiger partial charge in [0.05, 0.1) is 16.7 Å². The molecular weight excluding hydrogens is 625 g/mol. The fraction of sp³-hybridized carbons (Fsp3) is 0.0217. The minimum atomic E-state index is 0.604. The first-order valence-corrected chi connectivity index (χ1v) is 17.1. The molecular formula is C46H30N4O. The second kappa shape index (κ2) is 11.6. The first-order chi connectivity index (χ1) is 25.2. The summed E-state index contributed by atoms with van der Waals surface area (Å²) >= 11 is 0. The van der Waals surface area contributed by atoms with Gasteiger partial charge in [0.15, 0.2) is 17.5 Å². The van der Waals surface area contributed by atoms with Gasteiger partial charge in [-0.3, -0.25) is 0 Å². The zero-order valence-electron chi connectivity index (χ0n) is 27.8. The van der Waals surface area contributed by atoms with Crippen molar-refractivity contribution in [1.82, 2.24) is 19.5 Å². The van der Waals surface area contributed by atoms with Gasteiger partial charge in [-0.1, -0.05) is 121 Å². The van der Waals surface area contributed by atoms with Crippen molar-refractivity contribution >= 4 is 43.7 Å². The molecule has 0 atom stereocenters. The molecule has 0 aliphatic carbocycles. The number of hydrogen-bond acceptors (Lipinski definition) is 4. The first-order valence-electron chi connectivity index (χ1n) is 17.1. The second-order valence-electron chi connectivity index (χ2n) is 13.0. The molecule has 0 aliphatic heterocycles. The number of hydrogen-bond donors (Lipinski definition) is 0. The maximum absolute atomic E-state index is 6.17. The highest BCUT2D eigenvalue weighted by molar-refractivity contribution is 6.10. The van der Waals surface area contributed by atoms with E-state index in [0.29, 0.717) is 17.5 Å². The van der Waals surface area contributed by atoms with Gasteiger partial charge in [0.2, 0.25) is 0 Å². The maximum Gasteiger partial charge on any atom is 0.166 e. The van der Waals surface area contributed by atoms with Gasteiger partial charge in [0, 0.05) is 38.2 Å². The van der Waals surface area contributed by atoms with Crippen LogP contribution in [0.2, 0.25) is 0 Å². The Balaban J connectivity index is 1.27. The predicted octanol–water partition coefficient (Wildman–Crippen LogP) is 11.8. The summed E-state index contributed by atoms with van der Waals surface area (Å²) in [6.45, 7) is 2.15. The Morgan fingerprint density at radius 1 is 0.412 bits per heavy atom. The van der Waals surface area contributed by atoms with Crippen LogP contribution in [0.5, 0.6) is 0 Å². The fourth-order valence-corrected chi connectivity index (χ4v) is 7.27. The lowest BCUT2D eigenvalue weighted by atomic mass is 9.99. The lowest BCUT2D eigenvalue weighted by Crippen LogP contribution is -2.04. The molecule has 5 nitrogen and oxygen atoms in total. The summed E-state index contributed by atoms with van der Waals surface area (Å²) in [5.74, 6) is 1.85. The highest BCUT2D eigenvalue weighted by Crippen LogP contribution is 2.39. The average Bonchev–Trinajstić information content (AvgIpc) is 3.73. The highest BCUT2D eigenvalue weighted by Gasteiger charge is 2.21. The molecule has 0 saturated heterocycles. The molecule has 0 N–H and O–H groups in total. The zero-order valence-corrected chi connectivity index (χ0v) is 27.8. The molecule has 10 aromatic rings. The van der Waals surface area contributed by atoms with Gasteiger partial charge in [-0.15, -0.1) is 0 Å². The molecule has 0 radical (unpaired) electrons. The SMILES string of the molecule is Cc1ccc2c(c1)c1ccccc1n2-c1ccc(-c2ccc3oc4ccccc4c3c2)cc1-c1nc(-c2ccccc2)nc(-c2ccccc2)n1. The largest absolute Gasteiger partial charge is 0.456 e. The molecule has 3 aromatic heterocycles. The van der Waals surface area contributed by atoms with Crippen LogP contribution in [0.1, 0.15) is 5.56 Å². The number of furan rings is 1. The van der Waals surface area contributed by atoms with E-state index >= 15 is 0 Å². The van der Waals surface area contributed by atoms with Crippen molar-refractivity contribution in [3.63, 3.8) is 0 Å². The topological polar surface area (TPSA) is 56.7 Å². The summed E-state index contributed by atoms with van der Waals surface area (Å²) in [5, 5.41) is 4.60. The Hall–Kier alpha value is -6.85. The van der Waals surface area contributed by atoms with Gasteiger partial charge < -0.3 is 8.98 Å². The van der Waals surface area contributed by atoms with E-state index in [9.17, 15) is 0 Å². The van der Waals surface area contributed by atoms with E-state index < -0.39 is 0 Å². The van der Waals surface area contributed by atoms with Crippen molar-refractivity contribution in [3.05, 3.63) is 169 Å². The molecule has 0 fully saturated rings. The van der Waals surface area contributed by atoms with Crippen LogP contribution >= 0.6 is 0 Å². The van der Waals surface area contributed by atoms with Crippen LogP contribution in [-0.4, -0.2) is 19.5 Å². The van der Waals surface area contributed by atoms with Crippen LogP contribution in [0, 0.1) is 6.92 Å². The second-order valence-corrected chi connectivity index (χ2v) is 13.0. The molecule has 0 aliphatic rings. The van der Waals surface area contributed by atoms with Gasteiger partial charge in [-0.2, -0.15) is 0 Å². The van der Waals surface area contributed by atoms with E-state index in [4.69, 9.17) is 19.4 Å². The van der Waals surface area contributed by atoms with Gasteiger partial charge in [-0.05, 0) is 66.6 Å². The third kappa shape index (κ3) is 4.90. The van der Waals surface area contributed by atoms with Crippen LogP contribution in [-0.2, 0) is 0 Å². The van der Waals surface area contributed by atoms with Crippen LogP contribution in [0.25, 0.3) is 94.7 Å². The molecule has 0 spiro atoms. The summed E-state index contributed by atoms with van der Waals surface area (Å²) < 4.78 is 8.53. The molecule has 0 bridgehead atoms. The molecule has 51 heavy (non-hydrogen) atoms. The number of fused-ring (bicyclic) bond motifs is 6. The van der Waals surface area contributed by atoms with Crippen LogP contribution in [0.3, 0.4) is 0 Å². The summed E-state index contributed by atoms with van der Waals surface area (Å²) in [7, 11) is 0. The van der Waals surface area contributed by atoms with Crippen molar-refractivity contribution in [2.75, 3.05) is 0 Å².